The highest BCUT2D eigenvalue weighted by molar-refractivity contribution is 5.90. The van der Waals surface area contributed by atoms with Crippen molar-refractivity contribution in [1.82, 2.24) is 15.0 Å². The molecule has 0 aliphatic heterocycles. The second kappa shape index (κ2) is 7.80. The van der Waals surface area contributed by atoms with Gasteiger partial charge in [-0.05, 0) is 37.1 Å². The third-order valence-corrected chi connectivity index (χ3v) is 5.01. The molecule has 1 aliphatic rings. The molecular formula is C21H24N6O. The maximum absolute atomic E-state index is 11.2. The molecule has 4 rings (SSSR count). The summed E-state index contributed by atoms with van der Waals surface area (Å²) in [5.41, 5.74) is 9.90. The zero-order valence-electron chi connectivity index (χ0n) is 15.9. The van der Waals surface area contributed by atoms with Crippen LogP contribution in [0.25, 0.3) is 22.3 Å². The maximum Gasteiger partial charge on any atom is 0.222 e. The SMILES string of the molecule is CC(=O)Nc1ccc(-c2ccc3nc(N)nc(NC4CCCCC4)c3n2)cc1. The number of amides is 1. The summed E-state index contributed by atoms with van der Waals surface area (Å²) in [5.74, 6) is 0.857. The van der Waals surface area contributed by atoms with E-state index in [9.17, 15) is 4.79 Å². The first-order chi connectivity index (χ1) is 13.6. The van der Waals surface area contributed by atoms with E-state index in [0.717, 1.165) is 40.8 Å². The molecule has 28 heavy (non-hydrogen) atoms. The van der Waals surface area contributed by atoms with Gasteiger partial charge in [0.15, 0.2) is 5.82 Å². The van der Waals surface area contributed by atoms with Crippen molar-refractivity contribution >= 4 is 34.4 Å². The van der Waals surface area contributed by atoms with Crippen LogP contribution < -0.4 is 16.4 Å². The van der Waals surface area contributed by atoms with E-state index >= 15 is 0 Å². The number of hydrogen-bond acceptors (Lipinski definition) is 6. The molecule has 2 heterocycles. The van der Waals surface area contributed by atoms with E-state index in [4.69, 9.17) is 10.7 Å². The summed E-state index contributed by atoms with van der Waals surface area (Å²) in [6, 6.07) is 11.8. The van der Waals surface area contributed by atoms with Gasteiger partial charge in [0.05, 0.1) is 11.2 Å². The number of hydrogen-bond donors (Lipinski definition) is 3. The molecule has 7 nitrogen and oxygen atoms in total. The van der Waals surface area contributed by atoms with Crippen molar-refractivity contribution in [2.75, 3.05) is 16.4 Å². The van der Waals surface area contributed by atoms with Gasteiger partial charge in [-0.1, -0.05) is 31.4 Å². The molecule has 0 spiro atoms. The minimum atomic E-state index is -0.0928. The lowest BCUT2D eigenvalue weighted by atomic mass is 9.95. The zero-order valence-corrected chi connectivity index (χ0v) is 15.9. The van der Waals surface area contributed by atoms with Gasteiger partial charge in [-0.25, -0.2) is 9.97 Å². The molecule has 0 atom stereocenters. The van der Waals surface area contributed by atoms with E-state index < -0.39 is 0 Å². The van der Waals surface area contributed by atoms with Crippen LogP contribution in [0, 0.1) is 0 Å². The van der Waals surface area contributed by atoms with E-state index in [-0.39, 0.29) is 11.9 Å². The van der Waals surface area contributed by atoms with Crippen LogP contribution in [-0.2, 0) is 4.79 Å². The Balaban J connectivity index is 1.67. The van der Waals surface area contributed by atoms with E-state index in [1.807, 2.05) is 36.4 Å². The third-order valence-electron chi connectivity index (χ3n) is 5.01. The molecule has 3 aromatic rings. The smallest absolute Gasteiger partial charge is 0.222 e. The zero-order chi connectivity index (χ0) is 19.5. The molecule has 0 radical (unpaired) electrons. The van der Waals surface area contributed by atoms with Crippen LogP contribution in [0.3, 0.4) is 0 Å². The summed E-state index contributed by atoms with van der Waals surface area (Å²) < 4.78 is 0. The number of aromatic nitrogens is 3. The van der Waals surface area contributed by atoms with Crippen LogP contribution >= 0.6 is 0 Å². The maximum atomic E-state index is 11.2. The van der Waals surface area contributed by atoms with Crippen molar-refractivity contribution in [1.29, 1.82) is 0 Å². The van der Waals surface area contributed by atoms with Gasteiger partial charge < -0.3 is 16.4 Å². The summed E-state index contributed by atoms with van der Waals surface area (Å²) in [6.07, 6.45) is 6.03. The molecule has 0 bridgehead atoms. The number of nitrogens with one attached hydrogen (secondary N) is 2. The van der Waals surface area contributed by atoms with Gasteiger partial charge in [0.1, 0.15) is 5.52 Å². The number of rotatable bonds is 4. The number of benzene rings is 1. The monoisotopic (exact) mass is 376 g/mol. The molecule has 1 aliphatic carbocycles. The normalized spacial score (nSPS) is 14.8. The van der Waals surface area contributed by atoms with Crippen molar-refractivity contribution in [3.05, 3.63) is 36.4 Å². The molecule has 0 unspecified atom stereocenters. The lowest BCUT2D eigenvalue weighted by Crippen LogP contribution is -2.23. The molecule has 1 aromatic carbocycles. The van der Waals surface area contributed by atoms with Crippen molar-refractivity contribution in [3.8, 4) is 11.3 Å². The molecular weight excluding hydrogens is 352 g/mol. The first-order valence-corrected chi connectivity index (χ1v) is 9.67. The first-order valence-electron chi connectivity index (χ1n) is 9.67. The first kappa shape index (κ1) is 18.2. The Morgan fingerprint density at radius 2 is 1.75 bits per heavy atom. The second-order valence-electron chi connectivity index (χ2n) is 7.23. The predicted octanol–water partition coefficient (Wildman–Crippen LogP) is 3.98. The number of carbonyl (C=O) groups excluding carboxylic acids is 1. The fourth-order valence-corrected chi connectivity index (χ4v) is 3.66. The van der Waals surface area contributed by atoms with Crippen LogP contribution in [0.1, 0.15) is 39.0 Å². The van der Waals surface area contributed by atoms with Gasteiger partial charge in [0.25, 0.3) is 0 Å². The minimum absolute atomic E-state index is 0.0928. The van der Waals surface area contributed by atoms with Gasteiger partial charge in [-0.2, -0.15) is 4.98 Å². The number of nitrogens with zero attached hydrogens (tertiary/aromatic N) is 3. The summed E-state index contributed by atoms with van der Waals surface area (Å²) in [5, 5.41) is 6.30. The number of nitrogens with two attached hydrogens (primary N) is 1. The summed E-state index contributed by atoms with van der Waals surface area (Å²) >= 11 is 0. The Kier molecular flexibility index (Phi) is 5.06. The molecule has 1 saturated carbocycles. The molecule has 144 valence electrons. The van der Waals surface area contributed by atoms with Crippen molar-refractivity contribution in [2.24, 2.45) is 0 Å². The van der Waals surface area contributed by atoms with E-state index in [0.29, 0.717) is 11.9 Å². The molecule has 1 amide bonds. The number of anilines is 3. The highest BCUT2D eigenvalue weighted by Gasteiger charge is 2.17. The van der Waals surface area contributed by atoms with Crippen LogP contribution in [0.4, 0.5) is 17.5 Å². The quantitative estimate of drug-likeness (QED) is 0.636. The molecule has 2 aromatic heterocycles. The van der Waals surface area contributed by atoms with Crippen molar-refractivity contribution in [3.63, 3.8) is 0 Å². The van der Waals surface area contributed by atoms with Crippen molar-refractivity contribution < 1.29 is 4.79 Å². The van der Waals surface area contributed by atoms with E-state index in [2.05, 4.69) is 20.6 Å². The van der Waals surface area contributed by atoms with Crippen LogP contribution in [0.15, 0.2) is 36.4 Å². The lowest BCUT2D eigenvalue weighted by molar-refractivity contribution is -0.114. The average Bonchev–Trinajstić information content (AvgIpc) is 2.69. The Hall–Kier alpha value is -3.22. The van der Waals surface area contributed by atoms with Crippen LogP contribution in [0.2, 0.25) is 0 Å². The standard InChI is InChI=1S/C21H24N6O/c1-13(28)23-16-9-7-14(8-10-16)17-11-12-18-19(25-17)20(27-21(22)26-18)24-15-5-3-2-4-6-15/h7-12,15H,2-6H2,1H3,(H,23,28)(H3,22,24,26,27). The molecule has 0 saturated heterocycles. The Bertz CT molecular complexity index is 996. The Morgan fingerprint density at radius 3 is 2.46 bits per heavy atom. The molecule has 1 fully saturated rings. The highest BCUT2D eigenvalue weighted by atomic mass is 16.1. The van der Waals surface area contributed by atoms with Crippen LogP contribution in [0.5, 0.6) is 0 Å². The fourth-order valence-electron chi connectivity index (χ4n) is 3.66. The van der Waals surface area contributed by atoms with E-state index in [1.165, 1.54) is 26.2 Å². The molecule has 4 N–H and O–H groups in total. The summed E-state index contributed by atoms with van der Waals surface area (Å²) in [4.78, 5) is 24.8. The van der Waals surface area contributed by atoms with Gasteiger partial charge in [0.2, 0.25) is 11.9 Å². The minimum Gasteiger partial charge on any atom is -0.368 e. The lowest BCUT2D eigenvalue weighted by Gasteiger charge is -2.23. The van der Waals surface area contributed by atoms with E-state index in [1.54, 1.807) is 0 Å². The van der Waals surface area contributed by atoms with Gasteiger partial charge >= 0.3 is 0 Å². The van der Waals surface area contributed by atoms with Crippen molar-refractivity contribution in [2.45, 2.75) is 45.1 Å². The van der Waals surface area contributed by atoms with Gasteiger partial charge in [-0.3, -0.25) is 4.79 Å². The van der Waals surface area contributed by atoms with Gasteiger partial charge in [0, 0.05) is 24.2 Å². The number of nitrogen functional groups attached to an aromatic ring is 1. The summed E-state index contributed by atoms with van der Waals surface area (Å²) in [6.45, 7) is 1.49. The highest BCUT2D eigenvalue weighted by Crippen LogP contribution is 2.28. The second-order valence-corrected chi connectivity index (χ2v) is 7.23. The Labute approximate surface area is 163 Å². The number of carbonyl (C=O) groups is 1. The third kappa shape index (κ3) is 4.03. The summed E-state index contributed by atoms with van der Waals surface area (Å²) in [7, 11) is 0. The van der Waals surface area contributed by atoms with Gasteiger partial charge in [-0.15, -0.1) is 0 Å². The largest absolute Gasteiger partial charge is 0.368 e. The number of fused-ring (bicyclic) bond motifs is 1. The Morgan fingerprint density at radius 1 is 1.00 bits per heavy atom. The number of pyridine rings is 1. The van der Waals surface area contributed by atoms with Crippen LogP contribution in [-0.4, -0.2) is 26.9 Å². The average molecular weight is 376 g/mol. The molecule has 7 heteroatoms. The predicted molar refractivity (Wildman–Crippen MR) is 112 cm³/mol. The fraction of sp³-hybridized carbons (Fsp3) is 0.333. The topological polar surface area (TPSA) is 106 Å².